The van der Waals surface area contributed by atoms with Crippen molar-refractivity contribution in [3.8, 4) is 0 Å². The van der Waals surface area contributed by atoms with E-state index in [0.717, 1.165) is 51.5 Å². The minimum absolute atomic E-state index is 0.0139. The first-order chi connectivity index (χ1) is 34.7. The van der Waals surface area contributed by atoms with E-state index in [4.69, 9.17) is 18.9 Å². The molecule has 456 valence electrons. The lowest BCUT2D eigenvalue weighted by molar-refractivity contribution is -0.172. The largest absolute Gasteiger partial charge is 0.462 e. The molecule has 0 aromatic carbocycles. The molecule has 2 heterocycles. The van der Waals surface area contributed by atoms with Gasteiger partial charge in [0.15, 0.2) is 5.78 Å². The highest BCUT2D eigenvalue weighted by Gasteiger charge is 2.46. The van der Waals surface area contributed by atoms with Crippen LogP contribution in [0.25, 0.3) is 0 Å². The highest BCUT2D eigenvalue weighted by atomic mass is 16.6. The fraction of sp³-hybridized carbons (Fsp3) is 0.909. The molecule has 2 aliphatic rings. The standard InChI is InChI=1S/C47H86N2O7.C13H26O2.C4H10.C2H6/c1-33-21-19-26-48(33)35(30-41(3,4)5)44(11,12)24-23-37(51)47(17,18)54-28-25-45(13,14)56-40(53)32-43(9,10)31-36(49-27-20-22-39(49)52)46(15,16)55-38(29-34(2)50)42(6,7)8;1-8-13(6,7)11(15-10(2)14)9-12(3,4)5;1-3-4-2;1-2/h34-36,38,50H,1,19-32H2,2-18H3;11H,8-9H2,1-7H3;3-4H2,1-2H3;1-2H3. The maximum atomic E-state index is 13.6. The Kier molecular flexibility index (Phi) is 32.0. The highest BCUT2D eigenvalue weighted by molar-refractivity contribution is 5.86. The molecule has 0 spiro atoms. The van der Waals surface area contributed by atoms with Crippen molar-refractivity contribution < 1.29 is 43.2 Å². The van der Waals surface area contributed by atoms with Crippen molar-refractivity contribution in [1.29, 1.82) is 0 Å². The number of allylic oxidation sites excluding steroid dienone is 1. The number of aliphatic hydroxyl groups excluding tert-OH is 1. The fourth-order valence-corrected chi connectivity index (χ4v) is 9.96. The molecule has 0 bridgehead atoms. The van der Waals surface area contributed by atoms with Crippen molar-refractivity contribution in [2.45, 2.75) is 337 Å². The molecular formula is C66H128N2O9. The Bertz CT molecular complexity index is 1750. The Morgan fingerprint density at radius 2 is 1.18 bits per heavy atom. The van der Waals surface area contributed by atoms with Crippen LogP contribution in [0.2, 0.25) is 0 Å². The lowest BCUT2D eigenvalue weighted by atomic mass is 9.72. The SMILES string of the molecule is C=C1CCCN1C(CC(C)(C)C)C(C)(C)CCC(=O)C(C)(C)OCCC(C)(C)OC(=O)CC(C)(C)CC(N1CCCC1=O)C(C)(C)OC(CC(C)O)C(C)(C)C.CC.CCC(C)(C)C(CC(C)(C)C)OC(C)=O.CCCC. The summed E-state index contributed by atoms with van der Waals surface area (Å²) in [6, 6.07) is 0.0415. The van der Waals surface area contributed by atoms with Crippen LogP contribution in [0.1, 0.15) is 290 Å². The molecular weight excluding hydrogens is 965 g/mol. The number of aliphatic hydroxyl groups is 1. The highest BCUT2D eigenvalue weighted by Crippen LogP contribution is 2.43. The molecule has 2 fully saturated rings. The summed E-state index contributed by atoms with van der Waals surface area (Å²) >= 11 is 0. The first kappa shape index (κ1) is 76.6. The van der Waals surface area contributed by atoms with Crippen LogP contribution < -0.4 is 0 Å². The molecule has 5 atom stereocenters. The van der Waals surface area contributed by atoms with E-state index in [0.29, 0.717) is 44.7 Å². The van der Waals surface area contributed by atoms with Crippen LogP contribution in [0.3, 0.4) is 0 Å². The molecule has 1 amide bonds. The van der Waals surface area contributed by atoms with Gasteiger partial charge in [-0.15, -0.1) is 0 Å². The average molecular weight is 1090 g/mol. The number of hydrogen-bond donors (Lipinski definition) is 1. The quantitative estimate of drug-likeness (QED) is 0.0793. The average Bonchev–Trinajstić information content (AvgIpc) is 3.88. The van der Waals surface area contributed by atoms with Gasteiger partial charge >= 0.3 is 11.9 Å². The number of ether oxygens (including phenoxy) is 4. The first-order valence-electron chi connectivity index (χ1n) is 30.3. The lowest BCUT2D eigenvalue weighted by Gasteiger charge is -2.47. The van der Waals surface area contributed by atoms with Gasteiger partial charge in [-0.2, -0.15) is 0 Å². The van der Waals surface area contributed by atoms with Crippen LogP contribution in [0, 0.1) is 32.5 Å². The molecule has 2 saturated heterocycles. The zero-order chi connectivity index (χ0) is 61.0. The number of hydrogen-bond acceptors (Lipinski definition) is 10. The van der Waals surface area contributed by atoms with E-state index in [2.05, 4.69) is 122 Å². The third kappa shape index (κ3) is 30.2. The predicted molar refractivity (Wildman–Crippen MR) is 324 cm³/mol. The van der Waals surface area contributed by atoms with Crippen LogP contribution in [0.5, 0.6) is 0 Å². The zero-order valence-corrected chi connectivity index (χ0v) is 55.9. The number of nitrogens with zero attached hydrogens (tertiary/aromatic N) is 2. The zero-order valence-electron chi connectivity index (χ0n) is 55.9. The van der Waals surface area contributed by atoms with Crippen LogP contribution in [-0.2, 0) is 38.1 Å². The van der Waals surface area contributed by atoms with Gasteiger partial charge < -0.3 is 33.9 Å². The maximum absolute atomic E-state index is 13.6. The molecule has 11 heteroatoms. The molecule has 0 aliphatic carbocycles. The number of rotatable bonds is 27. The van der Waals surface area contributed by atoms with E-state index in [1.165, 1.54) is 25.5 Å². The molecule has 1 N–H and O–H groups in total. The monoisotopic (exact) mass is 1090 g/mol. The Hall–Kier alpha value is -2.50. The third-order valence-corrected chi connectivity index (χ3v) is 15.6. The van der Waals surface area contributed by atoms with Gasteiger partial charge in [0.25, 0.3) is 0 Å². The predicted octanol–water partition coefficient (Wildman–Crippen LogP) is 16.7. The Morgan fingerprint density at radius 3 is 1.58 bits per heavy atom. The van der Waals surface area contributed by atoms with Crippen molar-refractivity contribution >= 4 is 23.6 Å². The second-order valence-corrected chi connectivity index (χ2v) is 30.0. The number of ketones is 1. The molecule has 0 aromatic heterocycles. The topological polar surface area (TPSA) is 132 Å². The summed E-state index contributed by atoms with van der Waals surface area (Å²) in [5.41, 5.74) is -1.71. The van der Waals surface area contributed by atoms with Gasteiger partial charge in [0.05, 0.1) is 36.9 Å². The second-order valence-electron chi connectivity index (χ2n) is 30.0. The van der Waals surface area contributed by atoms with E-state index in [-0.39, 0.29) is 82.0 Å². The van der Waals surface area contributed by atoms with Crippen molar-refractivity contribution in [3.05, 3.63) is 12.3 Å². The number of likely N-dealkylation sites (tertiary alicyclic amines) is 2. The lowest BCUT2D eigenvalue weighted by Crippen LogP contribution is -2.55. The summed E-state index contributed by atoms with van der Waals surface area (Å²) in [7, 11) is 0. The van der Waals surface area contributed by atoms with E-state index < -0.39 is 28.3 Å². The summed E-state index contributed by atoms with van der Waals surface area (Å²) in [4.78, 5) is 55.9. The molecule has 0 radical (unpaired) electrons. The van der Waals surface area contributed by atoms with Gasteiger partial charge in [-0.25, -0.2) is 0 Å². The van der Waals surface area contributed by atoms with E-state index in [1.807, 2.05) is 74.1 Å². The smallest absolute Gasteiger partial charge is 0.306 e. The van der Waals surface area contributed by atoms with Gasteiger partial charge in [-0.3, -0.25) is 19.2 Å². The summed E-state index contributed by atoms with van der Waals surface area (Å²) in [6.07, 6.45) is 11.2. The maximum Gasteiger partial charge on any atom is 0.306 e. The molecule has 2 rings (SSSR count). The number of carbonyl (C=O) groups is 4. The number of amides is 1. The van der Waals surface area contributed by atoms with Gasteiger partial charge in [-0.05, 0) is 133 Å². The van der Waals surface area contributed by atoms with Crippen LogP contribution >= 0.6 is 0 Å². The van der Waals surface area contributed by atoms with Gasteiger partial charge in [-0.1, -0.05) is 158 Å². The number of unbranched alkanes of at least 4 members (excludes halogenated alkanes) is 1. The first-order valence-corrected chi connectivity index (χ1v) is 30.3. The third-order valence-electron chi connectivity index (χ3n) is 15.6. The van der Waals surface area contributed by atoms with Crippen LogP contribution in [-0.4, -0.2) is 105 Å². The van der Waals surface area contributed by atoms with Crippen LogP contribution in [0.4, 0.5) is 0 Å². The molecule has 5 unspecified atom stereocenters. The van der Waals surface area contributed by atoms with E-state index in [1.54, 1.807) is 6.92 Å². The fourth-order valence-electron chi connectivity index (χ4n) is 9.96. The number of esters is 2. The van der Waals surface area contributed by atoms with Crippen molar-refractivity contribution in [3.63, 3.8) is 0 Å². The Morgan fingerprint density at radius 1 is 0.675 bits per heavy atom. The number of Topliss-reactive ketones (excluding diaryl/α,β-unsaturated/α-hetero) is 1. The van der Waals surface area contributed by atoms with Gasteiger partial charge in [0.2, 0.25) is 5.91 Å². The van der Waals surface area contributed by atoms with Gasteiger partial charge in [0.1, 0.15) is 17.3 Å². The minimum atomic E-state index is -0.965. The van der Waals surface area contributed by atoms with Gasteiger partial charge in [0, 0.05) is 56.4 Å². The normalized spacial score (nSPS) is 17.2. The van der Waals surface area contributed by atoms with E-state index in [9.17, 15) is 24.3 Å². The molecule has 11 nitrogen and oxygen atoms in total. The molecule has 0 saturated carbocycles. The van der Waals surface area contributed by atoms with Crippen molar-refractivity contribution in [2.24, 2.45) is 32.5 Å². The summed E-state index contributed by atoms with van der Waals surface area (Å²) < 4.78 is 24.6. The Balaban J connectivity index is 0. The van der Waals surface area contributed by atoms with Crippen molar-refractivity contribution in [1.82, 2.24) is 9.80 Å². The second kappa shape index (κ2) is 32.2. The number of carbonyl (C=O) groups excluding carboxylic acids is 4. The molecule has 0 aromatic rings. The molecule has 77 heavy (non-hydrogen) atoms. The minimum Gasteiger partial charge on any atom is -0.462 e. The summed E-state index contributed by atoms with van der Waals surface area (Å²) in [5, 5.41) is 10.3. The summed E-state index contributed by atoms with van der Waals surface area (Å²) in [5.74, 6) is -0.299. The Labute approximate surface area is 476 Å². The van der Waals surface area contributed by atoms with E-state index >= 15 is 0 Å². The molecule has 2 aliphatic heterocycles. The van der Waals surface area contributed by atoms with Crippen LogP contribution in [0.15, 0.2) is 12.3 Å². The van der Waals surface area contributed by atoms with Crippen molar-refractivity contribution in [2.75, 3.05) is 19.7 Å². The summed E-state index contributed by atoms with van der Waals surface area (Å²) in [6.45, 7) is 64.3.